The normalized spacial score (nSPS) is 15.1. The molecule has 0 aliphatic carbocycles. The first-order valence-corrected chi connectivity index (χ1v) is 11.7. The van der Waals surface area contributed by atoms with E-state index in [0.29, 0.717) is 24.8 Å². The van der Waals surface area contributed by atoms with E-state index < -0.39 is 0 Å². The number of benzene rings is 2. The number of anilines is 2. The lowest BCUT2D eigenvalue weighted by molar-refractivity contribution is -0.144. The number of carbonyl (C=O) groups excluding carboxylic acids is 1. The van der Waals surface area contributed by atoms with E-state index in [-0.39, 0.29) is 18.1 Å². The lowest BCUT2D eigenvalue weighted by Gasteiger charge is -2.26. The summed E-state index contributed by atoms with van der Waals surface area (Å²) in [5.41, 5.74) is 6.53. The van der Waals surface area contributed by atoms with Crippen molar-refractivity contribution in [2.24, 2.45) is 0 Å². The zero-order chi connectivity index (χ0) is 23.5. The van der Waals surface area contributed by atoms with Crippen LogP contribution in [0.5, 0.6) is 5.88 Å². The number of ether oxygens (including phenoxy) is 2. The standard InChI is InChI=1S/C28H32N2O3/c1-6-32-28(31)26-16-23-15-21(22-10-14-27(29-17-22)33-19(4)5)9-13-25(23)30(26)24-11-7-20(8-12-24)18(2)3/h7-15,17-19,26H,6,16H2,1-5H3. The van der Waals surface area contributed by atoms with Crippen LogP contribution in [-0.4, -0.2) is 29.7 Å². The van der Waals surface area contributed by atoms with Gasteiger partial charge in [-0.3, -0.25) is 0 Å². The molecule has 0 saturated heterocycles. The maximum absolute atomic E-state index is 12.9. The summed E-state index contributed by atoms with van der Waals surface area (Å²) in [7, 11) is 0. The van der Waals surface area contributed by atoms with Gasteiger partial charge in [-0.05, 0) is 73.7 Å². The van der Waals surface area contributed by atoms with Gasteiger partial charge < -0.3 is 14.4 Å². The zero-order valence-electron chi connectivity index (χ0n) is 20.0. The Labute approximate surface area is 196 Å². The predicted molar refractivity (Wildman–Crippen MR) is 132 cm³/mol. The van der Waals surface area contributed by atoms with Crippen molar-refractivity contribution in [3.05, 3.63) is 71.9 Å². The van der Waals surface area contributed by atoms with E-state index >= 15 is 0 Å². The van der Waals surface area contributed by atoms with Crippen molar-refractivity contribution >= 4 is 17.3 Å². The van der Waals surface area contributed by atoms with Gasteiger partial charge in [0.1, 0.15) is 6.04 Å². The SMILES string of the molecule is CCOC(=O)C1Cc2cc(-c3ccc(OC(C)C)nc3)ccc2N1c1ccc(C(C)C)cc1. The molecule has 5 heteroatoms. The van der Waals surface area contributed by atoms with Crippen molar-refractivity contribution in [1.82, 2.24) is 4.98 Å². The summed E-state index contributed by atoms with van der Waals surface area (Å²) in [5.74, 6) is 0.882. The van der Waals surface area contributed by atoms with Gasteiger partial charge in [0.25, 0.3) is 0 Å². The Morgan fingerprint density at radius 2 is 1.76 bits per heavy atom. The molecule has 0 fully saturated rings. The van der Waals surface area contributed by atoms with Crippen molar-refractivity contribution in [1.29, 1.82) is 0 Å². The summed E-state index contributed by atoms with van der Waals surface area (Å²) in [6.07, 6.45) is 2.53. The summed E-state index contributed by atoms with van der Waals surface area (Å²) >= 11 is 0. The number of hydrogen-bond donors (Lipinski definition) is 0. The molecule has 2 aromatic carbocycles. The highest BCUT2D eigenvalue weighted by atomic mass is 16.5. The highest BCUT2D eigenvalue weighted by Crippen LogP contribution is 2.41. The molecule has 33 heavy (non-hydrogen) atoms. The van der Waals surface area contributed by atoms with Crippen molar-refractivity contribution < 1.29 is 14.3 Å². The van der Waals surface area contributed by atoms with Crippen LogP contribution in [0.1, 0.15) is 51.7 Å². The van der Waals surface area contributed by atoms with Crippen LogP contribution >= 0.6 is 0 Å². The Morgan fingerprint density at radius 3 is 2.36 bits per heavy atom. The molecule has 5 nitrogen and oxygen atoms in total. The third-order valence-electron chi connectivity index (χ3n) is 5.89. The first-order valence-electron chi connectivity index (χ1n) is 11.7. The minimum atomic E-state index is -0.375. The molecule has 3 aromatic rings. The second-order valence-corrected chi connectivity index (χ2v) is 8.98. The molecule has 0 N–H and O–H groups in total. The van der Waals surface area contributed by atoms with E-state index in [1.54, 1.807) is 0 Å². The average Bonchev–Trinajstić information content (AvgIpc) is 3.18. The lowest BCUT2D eigenvalue weighted by Crippen LogP contribution is -2.36. The molecule has 2 heterocycles. The topological polar surface area (TPSA) is 51.7 Å². The van der Waals surface area contributed by atoms with Gasteiger partial charge in [-0.25, -0.2) is 9.78 Å². The summed E-state index contributed by atoms with van der Waals surface area (Å²) in [6, 6.07) is 18.4. The van der Waals surface area contributed by atoms with Crippen molar-refractivity contribution in [3.63, 3.8) is 0 Å². The molecule has 1 aromatic heterocycles. The number of aromatic nitrogens is 1. The monoisotopic (exact) mass is 444 g/mol. The van der Waals surface area contributed by atoms with Gasteiger partial charge in [-0.2, -0.15) is 0 Å². The molecule has 1 atom stereocenters. The number of fused-ring (bicyclic) bond motifs is 1. The molecule has 0 bridgehead atoms. The number of esters is 1. The Balaban J connectivity index is 1.67. The fourth-order valence-corrected chi connectivity index (χ4v) is 4.26. The number of nitrogens with zero attached hydrogens (tertiary/aromatic N) is 2. The van der Waals surface area contributed by atoms with Crippen molar-refractivity contribution in [2.45, 2.75) is 59.1 Å². The lowest BCUT2D eigenvalue weighted by atomic mass is 10.0. The Bertz CT molecular complexity index is 1100. The summed E-state index contributed by atoms with van der Waals surface area (Å²) < 4.78 is 11.1. The van der Waals surface area contributed by atoms with E-state index in [1.807, 2.05) is 39.1 Å². The fourth-order valence-electron chi connectivity index (χ4n) is 4.26. The second-order valence-electron chi connectivity index (χ2n) is 8.98. The van der Waals surface area contributed by atoms with Gasteiger partial charge >= 0.3 is 5.97 Å². The third kappa shape index (κ3) is 4.87. The summed E-state index contributed by atoms with van der Waals surface area (Å²) in [4.78, 5) is 19.4. The van der Waals surface area contributed by atoms with Gasteiger partial charge in [-0.15, -0.1) is 0 Å². The van der Waals surface area contributed by atoms with Crippen LogP contribution < -0.4 is 9.64 Å². The number of hydrogen-bond acceptors (Lipinski definition) is 5. The fraction of sp³-hybridized carbons (Fsp3) is 0.357. The van der Waals surface area contributed by atoms with Crippen LogP contribution in [-0.2, 0) is 16.0 Å². The van der Waals surface area contributed by atoms with Crippen LogP contribution in [0.25, 0.3) is 11.1 Å². The molecule has 0 radical (unpaired) electrons. The highest BCUT2D eigenvalue weighted by Gasteiger charge is 2.36. The minimum Gasteiger partial charge on any atom is -0.475 e. The maximum atomic E-state index is 12.9. The second kappa shape index (κ2) is 9.65. The first-order chi connectivity index (χ1) is 15.9. The maximum Gasteiger partial charge on any atom is 0.329 e. The Hall–Kier alpha value is -3.34. The molecule has 0 amide bonds. The highest BCUT2D eigenvalue weighted by molar-refractivity contribution is 5.89. The smallest absolute Gasteiger partial charge is 0.329 e. The molecular weight excluding hydrogens is 412 g/mol. The molecule has 1 aliphatic heterocycles. The van der Waals surface area contributed by atoms with Crippen LogP contribution in [0.3, 0.4) is 0 Å². The van der Waals surface area contributed by atoms with Gasteiger partial charge in [0.15, 0.2) is 0 Å². The van der Waals surface area contributed by atoms with Gasteiger partial charge in [0.2, 0.25) is 5.88 Å². The van der Waals surface area contributed by atoms with Gasteiger partial charge in [0.05, 0.1) is 12.7 Å². The Morgan fingerprint density at radius 1 is 1.03 bits per heavy atom. The van der Waals surface area contributed by atoms with Crippen LogP contribution in [0.15, 0.2) is 60.8 Å². The zero-order valence-corrected chi connectivity index (χ0v) is 20.0. The molecule has 1 unspecified atom stereocenters. The molecule has 4 rings (SSSR count). The van der Waals surface area contributed by atoms with E-state index in [4.69, 9.17) is 9.47 Å². The molecule has 172 valence electrons. The van der Waals surface area contributed by atoms with E-state index in [0.717, 1.165) is 28.1 Å². The van der Waals surface area contributed by atoms with Crippen LogP contribution in [0.4, 0.5) is 11.4 Å². The molecule has 0 saturated carbocycles. The molecule has 0 spiro atoms. The number of rotatable bonds is 7. The van der Waals surface area contributed by atoms with Crippen molar-refractivity contribution in [2.75, 3.05) is 11.5 Å². The largest absolute Gasteiger partial charge is 0.475 e. The van der Waals surface area contributed by atoms with E-state index in [1.165, 1.54) is 5.56 Å². The van der Waals surface area contributed by atoms with Crippen LogP contribution in [0, 0.1) is 0 Å². The molecular formula is C28H32N2O3. The average molecular weight is 445 g/mol. The van der Waals surface area contributed by atoms with E-state index in [9.17, 15) is 4.79 Å². The van der Waals surface area contributed by atoms with Gasteiger partial charge in [-0.1, -0.05) is 32.0 Å². The quantitative estimate of drug-likeness (QED) is 0.401. The predicted octanol–water partition coefficient (Wildman–Crippen LogP) is 6.29. The number of pyridine rings is 1. The summed E-state index contributed by atoms with van der Waals surface area (Å²) in [6.45, 7) is 10.5. The van der Waals surface area contributed by atoms with Crippen LogP contribution in [0.2, 0.25) is 0 Å². The van der Waals surface area contributed by atoms with Crippen molar-refractivity contribution in [3.8, 4) is 17.0 Å². The number of carbonyl (C=O) groups is 1. The summed E-state index contributed by atoms with van der Waals surface area (Å²) in [5, 5.41) is 0. The Kier molecular flexibility index (Phi) is 6.68. The molecule has 1 aliphatic rings. The van der Waals surface area contributed by atoms with E-state index in [2.05, 4.69) is 66.2 Å². The minimum absolute atomic E-state index is 0.0868. The third-order valence-corrected chi connectivity index (χ3v) is 5.89. The van der Waals surface area contributed by atoms with Gasteiger partial charge in [0, 0.05) is 35.6 Å². The first kappa shape index (κ1) is 22.8.